The molecule has 0 aliphatic carbocycles. The minimum atomic E-state index is -0.405. The summed E-state index contributed by atoms with van der Waals surface area (Å²) < 4.78 is 14.2. The van der Waals surface area contributed by atoms with Crippen LogP contribution in [0.3, 0.4) is 0 Å². The molecule has 4 heteroatoms. The molecule has 0 saturated carbocycles. The highest BCUT2D eigenvalue weighted by Crippen LogP contribution is 2.21. The van der Waals surface area contributed by atoms with E-state index in [1.165, 1.54) is 12.1 Å². The van der Waals surface area contributed by atoms with E-state index >= 15 is 0 Å². The zero-order chi connectivity index (χ0) is 12.4. The fourth-order valence-corrected chi connectivity index (χ4v) is 1.92. The summed E-state index contributed by atoms with van der Waals surface area (Å²) in [4.78, 5) is 4.22. The van der Waals surface area contributed by atoms with Crippen molar-refractivity contribution in [1.29, 1.82) is 0 Å². The number of rotatable bonds is 2. The number of hydrogen-bond acceptors (Lipinski definition) is 2. The van der Waals surface area contributed by atoms with Gasteiger partial charge in [-0.15, -0.1) is 0 Å². The van der Waals surface area contributed by atoms with Crippen LogP contribution in [0.1, 0.15) is 22.9 Å². The molecule has 0 bridgehead atoms. The lowest BCUT2D eigenvalue weighted by Crippen LogP contribution is -2.13. The minimum Gasteiger partial charge on any atom is -0.319 e. The van der Waals surface area contributed by atoms with Crippen molar-refractivity contribution >= 4 is 15.9 Å². The van der Waals surface area contributed by atoms with E-state index < -0.39 is 6.04 Å². The molecule has 2 aromatic rings. The third-order valence-corrected chi connectivity index (χ3v) is 2.96. The van der Waals surface area contributed by atoms with Crippen LogP contribution >= 0.6 is 15.9 Å². The van der Waals surface area contributed by atoms with Gasteiger partial charge >= 0.3 is 0 Å². The Balaban J connectivity index is 2.36. The van der Waals surface area contributed by atoms with Gasteiger partial charge in [-0.1, -0.05) is 6.07 Å². The number of pyridine rings is 1. The Labute approximate surface area is 108 Å². The van der Waals surface area contributed by atoms with Crippen LogP contribution < -0.4 is 5.73 Å². The smallest absolute Gasteiger partial charge is 0.123 e. The van der Waals surface area contributed by atoms with E-state index in [1.54, 1.807) is 6.20 Å². The first kappa shape index (κ1) is 12.2. The number of aromatic nitrogens is 1. The van der Waals surface area contributed by atoms with Crippen molar-refractivity contribution < 1.29 is 4.39 Å². The summed E-state index contributed by atoms with van der Waals surface area (Å²) in [7, 11) is 0. The molecular formula is C13H12BrFN2. The average Bonchev–Trinajstić information content (AvgIpc) is 2.28. The van der Waals surface area contributed by atoms with Crippen LogP contribution in [0, 0.1) is 12.7 Å². The van der Waals surface area contributed by atoms with Crippen LogP contribution in [-0.4, -0.2) is 4.98 Å². The summed E-state index contributed by atoms with van der Waals surface area (Å²) in [6.45, 7) is 1.84. The number of aryl methyl sites for hydroxylation is 1. The third-order valence-electron chi connectivity index (χ3n) is 2.49. The van der Waals surface area contributed by atoms with E-state index in [0.29, 0.717) is 0 Å². The Hall–Kier alpha value is -1.26. The number of nitrogens with zero attached hydrogens (tertiary/aromatic N) is 1. The van der Waals surface area contributed by atoms with Crippen LogP contribution in [0.15, 0.2) is 41.0 Å². The van der Waals surface area contributed by atoms with Crippen molar-refractivity contribution in [3.8, 4) is 0 Å². The Kier molecular flexibility index (Phi) is 3.54. The van der Waals surface area contributed by atoms with Gasteiger partial charge in [-0.3, -0.25) is 4.98 Å². The van der Waals surface area contributed by atoms with Gasteiger partial charge in [-0.25, -0.2) is 4.39 Å². The summed E-state index contributed by atoms with van der Waals surface area (Å²) in [6.07, 6.45) is 1.68. The molecule has 1 heterocycles. The molecule has 88 valence electrons. The highest BCUT2D eigenvalue weighted by Gasteiger charge is 2.11. The van der Waals surface area contributed by atoms with Gasteiger partial charge in [-0.2, -0.15) is 0 Å². The summed E-state index contributed by atoms with van der Waals surface area (Å²) >= 11 is 3.31. The largest absolute Gasteiger partial charge is 0.319 e. The molecule has 1 atom stereocenters. The van der Waals surface area contributed by atoms with Gasteiger partial charge in [0.25, 0.3) is 0 Å². The topological polar surface area (TPSA) is 38.9 Å². The summed E-state index contributed by atoms with van der Waals surface area (Å²) in [6, 6.07) is 8.09. The lowest BCUT2D eigenvalue weighted by atomic mass is 10.0. The van der Waals surface area contributed by atoms with Crippen LogP contribution in [-0.2, 0) is 0 Å². The average molecular weight is 295 g/mol. The molecule has 1 unspecified atom stereocenters. The second-order valence-corrected chi connectivity index (χ2v) is 4.86. The van der Waals surface area contributed by atoms with Crippen LogP contribution in [0.2, 0.25) is 0 Å². The van der Waals surface area contributed by atoms with E-state index in [4.69, 9.17) is 5.73 Å². The lowest BCUT2D eigenvalue weighted by Gasteiger charge is -2.12. The SMILES string of the molecule is Cc1cc(F)cc(C(N)c2ccc(Br)cn2)c1. The predicted molar refractivity (Wildman–Crippen MR) is 69.1 cm³/mol. The predicted octanol–water partition coefficient (Wildman–Crippen LogP) is 3.34. The van der Waals surface area contributed by atoms with E-state index in [0.717, 1.165) is 21.3 Å². The summed E-state index contributed by atoms with van der Waals surface area (Å²) in [5.41, 5.74) is 8.37. The van der Waals surface area contributed by atoms with E-state index in [2.05, 4.69) is 20.9 Å². The standard InChI is InChI=1S/C13H12BrFN2/c1-8-4-9(6-11(15)5-8)13(16)12-3-2-10(14)7-17-12/h2-7,13H,16H2,1H3. The van der Waals surface area contributed by atoms with Gasteiger partial charge in [0.2, 0.25) is 0 Å². The molecule has 0 radical (unpaired) electrons. The normalized spacial score (nSPS) is 12.5. The monoisotopic (exact) mass is 294 g/mol. The molecule has 0 amide bonds. The number of hydrogen-bond donors (Lipinski definition) is 1. The van der Waals surface area contributed by atoms with Crippen LogP contribution in [0.4, 0.5) is 4.39 Å². The van der Waals surface area contributed by atoms with Gasteiger partial charge in [-0.05, 0) is 58.2 Å². The molecule has 0 spiro atoms. The van der Waals surface area contributed by atoms with Gasteiger partial charge < -0.3 is 5.73 Å². The first-order chi connectivity index (χ1) is 8.06. The fraction of sp³-hybridized carbons (Fsp3) is 0.154. The molecule has 1 aromatic heterocycles. The lowest BCUT2D eigenvalue weighted by molar-refractivity contribution is 0.621. The van der Waals surface area contributed by atoms with Gasteiger partial charge in [0.05, 0.1) is 11.7 Å². The van der Waals surface area contributed by atoms with Crippen LogP contribution in [0.25, 0.3) is 0 Å². The van der Waals surface area contributed by atoms with Crippen molar-refractivity contribution in [3.05, 3.63) is 63.6 Å². The maximum absolute atomic E-state index is 13.3. The molecule has 2 N–H and O–H groups in total. The molecule has 0 saturated heterocycles. The first-order valence-electron chi connectivity index (χ1n) is 5.20. The van der Waals surface area contributed by atoms with Gasteiger partial charge in [0, 0.05) is 10.7 Å². The second-order valence-electron chi connectivity index (χ2n) is 3.94. The maximum atomic E-state index is 13.3. The minimum absolute atomic E-state index is 0.271. The zero-order valence-electron chi connectivity index (χ0n) is 9.32. The number of halogens is 2. The molecule has 0 aliphatic heterocycles. The Morgan fingerprint density at radius 3 is 2.65 bits per heavy atom. The molecule has 0 aliphatic rings. The van der Waals surface area contributed by atoms with Crippen molar-refractivity contribution in [3.63, 3.8) is 0 Å². The molecule has 2 nitrogen and oxygen atoms in total. The van der Waals surface area contributed by atoms with Crippen molar-refractivity contribution in [2.75, 3.05) is 0 Å². The van der Waals surface area contributed by atoms with E-state index in [9.17, 15) is 4.39 Å². The Morgan fingerprint density at radius 1 is 1.29 bits per heavy atom. The van der Waals surface area contributed by atoms with Gasteiger partial charge in [0.1, 0.15) is 5.82 Å². The number of nitrogens with two attached hydrogens (primary N) is 1. The Bertz CT molecular complexity index is 505. The maximum Gasteiger partial charge on any atom is 0.123 e. The van der Waals surface area contributed by atoms with E-state index in [1.807, 2.05) is 25.1 Å². The fourth-order valence-electron chi connectivity index (χ4n) is 1.69. The van der Waals surface area contributed by atoms with E-state index in [-0.39, 0.29) is 5.82 Å². The molecule has 1 aromatic carbocycles. The van der Waals surface area contributed by atoms with Crippen molar-refractivity contribution in [1.82, 2.24) is 4.98 Å². The highest BCUT2D eigenvalue weighted by molar-refractivity contribution is 9.10. The first-order valence-corrected chi connectivity index (χ1v) is 5.99. The number of benzene rings is 1. The summed E-state index contributed by atoms with van der Waals surface area (Å²) in [5.74, 6) is -0.271. The quantitative estimate of drug-likeness (QED) is 0.923. The molecule has 2 rings (SSSR count). The molecule has 17 heavy (non-hydrogen) atoms. The van der Waals surface area contributed by atoms with Crippen molar-refractivity contribution in [2.24, 2.45) is 5.73 Å². The molecule has 0 fully saturated rings. The molecular weight excluding hydrogens is 283 g/mol. The Morgan fingerprint density at radius 2 is 2.06 bits per heavy atom. The second kappa shape index (κ2) is 4.94. The van der Waals surface area contributed by atoms with Crippen molar-refractivity contribution in [2.45, 2.75) is 13.0 Å². The third kappa shape index (κ3) is 2.90. The summed E-state index contributed by atoms with van der Waals surface area (Å²) in [5, 5.41) is 0. The van der Waals surface area contributed by atoms with Gasteiger partial charge in [0.15, 0.2) is 0 Å². The highest BCUT2D eigenvalue weighted by atomic mass is 79.9. The zero-order valence-corrected chi connectivity index (χ0v) is 10.9. The van der Waals surface area contributed by atoms with Crippen LogP contribution in [0.5, 0.6) is 0 Å².